The van der Waals surface area contributed by atoms with E-state index in [4.69, 9.17) is 5.11 Å². The third-order valence-corrected chi connectivity index (χ3v) is 2.29. The summed E-state index contributed by atoms with van der Waals surface area (Å²) in [4.78, 5) is 0. The van der Waals surface area contributed by atoms with E-state index in [9.17, 15) is 0 Å². The molecule has 0 spiro atoms. The van der Waals surface area contributed by atoms with Gasteiger partial charge in [-0.05, 0) is 32.1 Å². The van der Waals surface area contributed by atoms with E-state index >= 15 is 0 Å². The lowest BCUT2D eigenvalue weighted by Gasteiger charge is -2.05. The molecule has 0 amide bonds. The maximum Gasteiger partial charge on any atom is 0.0434 e. The van der Waals surface area contributed by atoms with Crippen LogP contribution in [0.4, 0.5) is 0 Å². The van der Waals surface area contributed by atoms with Crippen molar-refractivity contribution in [1.82, 2.24) is 0 Å². The molecule has 1 nitrogen and oxygen atoms in total. The van der Waals surface area contributed by atoms with Crippen LogP contribution >= 0.6 is 0 Å². The van der Waals surface area contributed by atoms with Crippen LogP contribution in [0.25, 0.3) is 0 Å². The van der Waals surface area contributed by atoms with Crippen LogP contribution < -0.4 is 0 Å². The summed E-state index contributed by atoms with van der Waals surface area (Å²) in [6.07, 6.45) is 6.71. The zero-order valence-electron chi connectivity index (χ0n) is 8.64. The lowest BCUT2D eigenvalue weighted by Crippen LogP contribution is -1.90. The van der Waals surface area contributed by atoms with Crippen molar-refractivity contribution in [2.45, 2.75) is 46.5 Å². The molecule has 0 rings (SSSR count). The predicted molar refractivity (Wildman–Crippen MR) is 54.1 cm³/mol. The molecule has 0 radical (unpaired) electrons. The highest BCUT2D eigenvalue weighted by atomic mass is 16.2. The molecule has 1 unspecified atom stereocenters. The number of hydrogen-bond acceptors (Lipinski definition) is 1. The van der Waals surface area contributed by atoms with Gasteiger partial charge in [0.05, 0.1) is 0 Å². The van der Waals surface area contributed by atoms with Gasteiger partial charge in [0.2, 0.25) is 0 Å². The first kappa shape index (κ1) is 11.7. The van der Waals surface area contributed by atoms with Gasteiger partial charge in [0, 0.05) is 6.61 Å². The van der Waals surface area contributed by atoms with E-state index in [1.54, 1.807) is 0 Å². The first-order chi connectivity index (χ1) is 5.70. The second-order valence-corrected chi connectivity index (χ2v) is 3.63. The molecular formula is C11H22O. The highest BCUT2D eigenvalue weighted by Crippen LogP contribution is 2.11. The highest BCUT2D eigenvalue weighted by Gasteiger charge is 1.95. The van der Waals surface area contributed by atoms with E-state index < -0.39 is 0 Å². The van der Waals surface area contributed by atoms with Gasteiger partial charge in [0.25, 0.3) is 0 Å². The molecule has 1 heteroatoms. The van der Waals surface area contributed by atoms with Crippen LogP contribution in [0.3, 0.4) is 0 Å². The average Bonchev–Trinajstić information content (AvgIpc) is 2.10. The third-order valence-electron chi connectivity index (χ3n) is 2.29. The maximum atomic E-state index is 8.61. The minimum absolute atomic E-state index is 0.314. The number of aliphatic hydroxyl groups is 1. The van der Waals surface area contributed by atoms with Crippen molar-refractivity contribution in [2.24, 2.45) is 5.92 Å². The Morgan fingerprint density at radius 2 is 2.17 bits per heavy atom. The highest BCUT2D eigenvalue weighted by molar-refractivity contribution is 4.98. The first-order valence-corrected chi connectivity index (χ1v) is 4.97. The smallest absolute Gasteiger partial charge is 0.0434 e. The summed E-state index contributed by atoms with van der Waals surface area (Å²) in [7, 11) is 0. The molecular weight excluding hydrogens is 148 g/mol. The summed E-state index contributed by atoms with van der Waals surface area (Å²) >= 11 is 0. The molecule has 0 aliphatic carbocycles. The van der Waals surface area contributed by atoms with Crippen molar-refractivity contribution in [3.63, 3.8) is 0 Å². The van der Waals surface area contributed by atoms with Crippen LogP contribution in [0.5, 0.6) is 0 Å². The molecule has 0 aliphatic rings. The van der Waals surface area contributed by atoms with Crippen LogP contribution in [-0.4, -0.2) is 11.7 Å². The molecule has 0 aliphatic heterocycles. The van der Waals surface area contributed by atoms with E-state index in [0.29, 0.717) is 6.61 Å². The van der Waals surface area contributed by atoms with Crippen molar-refractivity contribution < 1.29 is 5.11 Å². The van der Waals surface area contributed by atoms with Gasteiger partial charge < -0.3 is 5.11 Å². The van der Waals surface area contributed by atoms with Crippen LogP contribution in [0.1, 0.15) is 46.5 Å². The molecule has 0 aromatic carbocycles. The zero-order chi connectivity index (χ0) is 9.40. The Morgan fingerprint density at radius 1 is 1.50 bits per heavy atom. The Hall–Kier alpha value is -0.300. The SMILES string of the molecule is CCC(C)C/C=C(\C)CCCO. The summed E-state index contributed by atoms with van der Waals surface area (Å²) in [6.45, 7) is 6.96. The van der Waals surface area contributed by atoms with Gasteiger partial charge in [-0.3, -0.25) is 0 Å². The van der Waals surface area contributed by atoms with Crippen molar-refractivity contribution in [3.8, 4) is 0 Å². The average molecular weight is 170 g/mol. The van der Waals surface area contributed by atoms with Crippen LogP contribution in [0, 0.1) is 5.92 Å². The lowest BCUT2D eigenvalue weighted by atomic mass is 10.0. The second-order valence-electron chi connectivity index (χ2n) is 3.63. The van der Waals surface area contributed by atoms with E-state index in [2.05, 4.69) is 26.8 Å². The van der Waals surface area contributed by atoms with Crippen molar-refractivity contribution >= 4 is 0 Å². The Kier molecular flexibility index (Phi) is 7.17. The van der Waals surface area contributed by atoms with Gasteiger partial charge >= 0.3 is 0 Å². The van der Waals surface area contributed by atoms with Crippen LogP contribution in [-0.2, 0) is 0 Å². The molecule has 0 bridgehead atoms. The molecule has 0 fully saturated rings. The third kappa shape index (κ3) is 6.41. The first-order valence-electron chi connectivity index (χ1n) is 4.97. The molecule has 0 saturated carbocycles. The molecule has 0 aromatic rings. The lowest BCUT2D eigenvalue weighted by molar-refractivity contribution is 0.288. The Balaban J connectivity index is 3.53. The van der Waals surface area contributed by atoms with Gasteiger partial charge in [0.1, 0.15) is 0 Å². The minimum atomic E-state index is 0.314. The van der Waals surface area contributed by atoms with E-state index in [-0.39, 0.29) is 0 Å². The van der Waals surface area contributed by atoms with Crippen LogP contribution in [0.15, 0.2) is 11.6 Å². The fourth-order valence-corrected chi connectivity index (χ4v) is 1.03. The Morgan fingerprint density at radius 3 is 2.67 bits per heavy atom. The number of aliphatic hydroxyl groups excluding tert-OH is 1. The normalized spacial score (nSPS) is 14.8. The zero-order valence-corrected chi connectivity index (χ0v) is 8.64. The molecule has 1 atom stereocenters. The fourth-order valence-electron chi connectivity index (χ4n) is 1.03. The molecule has 0 aromatic heterocycles. The topological polar surface area (TPSA) is 20.2 Å². The Bertz CT molecular complexity index is 127. The van der Waals surface area contributed by atoms with Crippen LogP contribution in [0.2, 0.25) is 0 Å². The van der Waals surface area contributed by atoms with Gasteiger partial charge in [-0.1, -0.05) is 31.9 Å². The minimum Gasteiger partial charge on any atom is -0.396 e. The fraction of sp³-hybridized carbons (Fsp3) is 0.818. The summed E-state index contributed by atoms with van der Waals surface area (Å²) in [6, 6.07) is 0. The Labute approximate surface area is 76.5 Å². The molecule has 1 N–H and O–H groups in total. The largest absolute Gasteiger partial charge is 0.396 e. The molecule has 0 heterocycles. The number of rotatable bonds is 6. The molecule has 72 valence electrons. The number of hydrogen-bond donors (Lipinski definition) is 1. The summed E-state index contributed by atoms with van der Waals surface area (Å²) in [5.41, 5.74) is 1.42. The molecule has 0 saturated heterocycles. The second kappa shape index (κ2) is 7.35. The van der Waals surface area contributed by atoms with Gasteiger partial charge in [0.15, 0.2) is 0 Å². The summed E-state index contributed by atoms with van der Waals surface area (Å²) < 4.78 is 0. The predicted octanol–water partition coefficient (Wildman–Crippen LogP) is 3.14. The maximum absolute atomic E-state index is 8.61. The van der Waals surface area contributed by atoms with Gasteiger partial charge in [-0.25, -0.2) is 0 Å². The van der Waals surface area contributed by atoms with E-state index in [1.807, 2.05) is 0 Å². The van der Waals surface area contributed by atoms with Gasteiger partial charge in [-0.2, -0.15) is 0 Å². The standard InChI is InChI=1S/C11H22O/c1-4-10(2)7-8-11(3)6-5-9-12/h8,10,12H,4-7,9H2,1-3H3/b11-8+. The van der Waals surface area contributed by atoms with E-state index in [1.165, 1.54) is 18.4 Å². The van der Waals surface area contributed by atoms with Crippen molar-refractivity contribution in [2.75, 3.05) is 6.61 Å². The molecule has 12 heavy (non-hydrogen) atoms. The van der Waals surface area contributed by atoms with E-state index in [0.717, 1.165) is 18.8 Å². The summed E-state index contributed by atoms with van der Waals surface area (Å²) in [5, 5.41) is 8.61. The summed E-state index contributed by atoms with van der Waals surface area (Å²) in [5.74, 6) is 0.800. The monoisotopic (exact) mass is 170 g/mol. The van der Waals surface area contributed by atoms with Gasteiger partial charge in [-0.15, -0.1) is 0 Å². The van der Waals surface area contributed by atoms with Crippen molar-refractivity contribution in [1.29, 1.82) is 0 Å². The number of allylic oxidation sites excluding steroid dienone is 2. The quantitative estimate of drug-likeness (QED) is 0.607. The van der Waals surface area contributed by atoms with Crippen molar-refractivity contribution in [3.05, 3.63) is 11.6 Å².